The average Bonchev–Trinajstić information content (AvgIpc) is 3.44. The summed E-state index contributed by atoms with van der Waals surface area (Å²) in [5.41, 5.74) is 2.23. The SMILES string of the molecule is C[C@@H](NC(=O)c1ccc(C2=NOC(c3cc(Cl)c(F)c(Cl)c3)(C(F)(F)F)C2)c2sccc12)C(N)=O. The van der Waals surface area contributed by atoms with Crippen LogP contribution in [0.2, 0.25) is 10.0 Å². The molecule has 1 aliphatic heterocycles. The number of halogens is 6. The van der Waals surface area contributed by atoms with Crippen LogP contribution in [-0.4, -0.2) is 29.7 Å². The molecule has 35 heavy (non-hydrogen) atoms. The molecule has 1 unspecified atom stereocenters. The molecule has 0 radical (unpaired) electrons. The lowest BCUT2D eigenvalue weighted by molar-refractivity contribution is -0.275. The van der Waals surface area contributed by atoms with Crippen molar-refractivity contribution in [1.29, 1.82) is 0 Å². The highest BCUT2D eigenvalue weighted by atomic mass is 35.5. The van der Waals surface area contributed by atoms with E-state index < -0.39 is 57.5 Å². The van der Waals surface area contributed by atoms with Gasteiger partial charge in [-0.25, -0.2) is 4.39 Å². The first-order valence-corrected chi connectivity index (χ1v) is 11.6. The quantitative estimate of drug-likeness (QED) is 0.324. The lowest BCUT2D eigenvalue weighted by Gasteiger charge is -2.29. The highest BCUT2D eigenvalue weighted by Gasteiger charge is 2.62. The van der Waals surface area contributed by atoms with Gasteiger partial charge in [-0.2, -0.15) is 13.2 Å². The molecule has 4 rings (SSSR count). The number of rotatable bonds is 5. The van der Waals surface area contributed by atoms with Crippen molar-refractivity contribution in [3.8, 4) is 0 Å². The molecule has 2 atom stereocenters. The summed E-state index contributed by atoms with van der Waals surface area (Å²) in [4.78, 5) is 28.9. The molecular weight excluding hydrogens is 533 g/mol. The maximum Gasteiger partial charge on any atom is 0.435 e. The fourth-order valence-corrected chi connectivity index (χ4v) is 5.11. The normalized spacial score (nSPS) is 18.8. The second-order valence-electron chi connectivity index (χ2n) is 7.81. The molecule has 0 saturated carbocycles. The Kier molecular flexibility index (Phi) is 6.45. The topological polar surface area (TPSA) is 93.8 Å². The largest absolute Gasteiger partial charge is 0.435 e. The lowest BCUT2D eigenvalue weighted by atomic mass is 9.86. The molecule has 3 aromatic rings. The highest BCUT2D eigenvalue weighted by Crippen LogP contribution is 2.50. The fourth-order valence-electron chi connectivity index (χ4n) is 3.67. The molecule has 2 amide bonds. The van der Waals surface area contributed by atoms with Crippen LogP contribution in [0.3, 0.4) is 0 Å². The van der Waals surface area contributed by atoms with Gasteiger partial charge in [0, 0.05) is 26.8 Å². The Bertz CT molecular complexity index is 1370. The number of nitrogens with zero attached hydrogens (tertiary/aromatic N) is 1. The van der Waals surface area contributed by atoms with Crippen molar-refractivity contribution < 1.29 is 32.0 Å². The molecule has 3 N–H and O–H groups in total. The smallest absolute Gasteiger partial charge is 0.374 e. The molecule has 2 aromatic carbocycles. The zero-order valence-corrected chi connectivity index (χ0v) is 20.0. The van der Waals surface area contributed by atoms with Gasteiger partial charge in [-0.15, -0.1) is 11.3 Å². The summed E-state index contributed by atoms with van der Waals surface area (Å²) in [6, 6.07) is 5.17. The van der Waals surface area contributed by atoms with Gasteiger partial charge in [-0.1, -0.05) is 34.4 Å². The van der Waals surface area contributed by atoms with E-state index in [1.54, 1.807) is 11.4 Å². The first-order chi connectivity index (χ1) is 16.4. The molecule has 0 aliphatic carbocycles. The number of hydrogen-bond acceptors (Lipinski definition) is 5. The predicted octanol–water partition coefficient (Wildman–Crippen LogP) is 5.53. The Morgan fingerprint density at radius 2 is 1.89 bits per heavy atom. The molecule has 184 valence electrons. The van der Waals surface area contributed by atoms with Crippen LogP contribution in [0, 0.1) is 5.82 Å². The number of alkyl halides is 3. The first kappa shape index (κ1) is 25.2. The summed E-state index contributed by atoms with van der Waals surface area (Å²) < 4.78 is 57.2. The number of thiophene rings is 1. The number of fused-ring (bicyclic) bond motifs is 1. The summed E-state index contributed by atoms with van der Waals surface area (Å²) in [6.45, 7) is 1.43. The van der Waals surface area contributed by atoms with Crippen molar-refractivity contribution in [3.63, 3.8) is 0 Å². The van der Waals surface area contributed by atoms with Crippen molar-refractivity contribution in [2.75, 3.05) is 0 Å². The molecule has 6 nitrogen and oxygen atoms in total. The number of benzene rings is 2. The van der Waals surface area contributed by atoms with Crippen LogP contribution in [0.4, 0.5) is 17.6 Å². The van der Waals surface area contributed by atoms with Gasteiger partial charge in [0.05, 0.1) is 22.2 Å². The van der Waals surface area contributed by atoms with Crippen LogP contribution < -0.4 is 11.1 Å². The molecule has 0 saturated heterocycles. The molecule has 0 bridgehead atoms. The fraction of sp³-hybridized carbons (Fsp3) is 0.227. The molecule has 13 heteroatoms. The summed E-state index contributed by atoms with van der Waals surface area (Å²) in [5, 5.41) is 7.12. The Morgan fingerprint density at radius 3 is 2.49 bits per heavy atom. The number of oxime groups is 1. The van der Waals surface area contributed by atoms with Crippen LogP contribution in [0.1, 0.15) is 34.8 Å². The highest BCUT2D eigenvalue weighted by molar-refractivity contribution is 7.17. The van der Waals surface area contributed by atoms with Gasteiger partial charge in [0.25, 0.3) is 11.5 Å². The first-order valence-electron chi connectivity index (χ1n) is 9.93. The third-order valence-corrected chi connectivity index (χ3v) is 7.08. The van der Waals surface area contributed by atoms with Gasteiger partial charge in [-0.3, -0.25) is 9.59 Å². The molecule has 2 heterocycles. The number of hydrogen-bond donors (Lipinski definition) is 2. The van der Waals surface area contributed by atoms with Crippen molar-refractivity contribution >= 4 is 62.2 Å². The maximum absolute atomic E-state index is 14.3. The number of carbonyl (C=O) groups is 2. The van der Waals surface area contributed by atoms with E-state index in [0.717, 1.165) is 12.1 Å². The number of nitrogens with one attached hydrogen (secondary N) is 1. The summed E-state index contributed by atoms with van der Waals surface area (Å²) in [5.74, 6) is -2.34. The Hall–Kier alpha value is -2.89. The van der Waals surface area contributed by atoms with Gasteiger partial charge < -0.3 is 15.9 Å². The second-order valence-corrected chi connectivity index (χ2v) is 9.54. The minimum Gasteiger partial charge on any atom is -0.374 e. The lowest BCUT2D eigenvalue weighted by Crippen LogP contribution is -2.42. The molecule has 0 fully saturated rings. The minimum absolute atomic E-state index is 0.0381. The van der Waals surface area contributed by atoms with Gasteiger partial charge in [-0.05, 0) is 36.6 Å². The Morgan fingerprint density at radius 1 is 1.23 bits per heavy atom. The number of amides is 2. The van der Waals surface area contributed by atoms with Gasteiger partial charge >= 0.3 is 6.18 Å². The van der Waals surface area contributed by atoms with Crippen molar-refractivity contribution in [1.82, 2.24) is 5.32 Å². The van der Waals surface area contributed by atoms with E-state index >= 15 is 0 Å². The van der Waals surface area contributed by atoms with E-state index in [1.165, 1.54) is 30.4 Å². The van der Waals surface area contributed by atoms with E-state index in [4.69, 9.17) is 33.8 Å². The Labute approximate surface area is 209 Å². The number of nitrogens with two attached hydrogens (primary N) is 1. The van der Waals surface area contributed by atoms with Crippen molar-refractivity contribution in [3.05, 3.63) is 68.3 Å². The number of carbonyl (C=O) groups excluding carboxylic acids is 2. The van der Waals surface area contributed by atoms with E-state index in [2.05, 4.69) is 10.5 Å². The van der Waals surface area contributed by atoms with E-state index in [0.29, 0.717) is 15.6 Å². The van der Waals surface area contributed by atoms with Crippen molar-refractivity contribution in [2.24, 2.45) is 10.9 Å². The van der Waals surface area contributed by atoms with E-state index in [1.807, 2.05) is 0 Å². The molecular formula is C22H15Cl2F4N3O3S. The molecule has 1 aromatic heterocycles. The van der Waals surface area contributed by atoms with Gasteiger partial charge in [0.2, 0.25) is 5.91 Å². The summed E-state index contributed by atoms with van der Waals surface area (Å²) >= 11 is 12.7. The average molecular weight is 548 g/mol. The molecule has 1 aliphatic rings. The predicted molar refractivity (Wildman–Crippen MR) is 124 cm³/mol. The minimum atomic E-state index is -4.96. The standard InChI is InChI=1S/C22H15Cl2F4N3O3S/c1-9(19(29)32)30-20(33)12-2-3-13(18-11(12)4-5-35-18)16-8-21(34-31-16,22(26,27)28)10-6-14(23)17(25)15(24)7-10/h2-7,9H,8H2,1H3,(H2,29,32)(H,30,33)/t9-,21?/m1/s1. The maximum atomic E-state index is 14.3. The van der Waals surface area contributed by atoms with Crippen molar-refractivity contribution in [2.45, 2.75) is 31.2 Å². The van der Waals surface area contributed by atoms with Crippen LogP contribution in [0.15, 0.2) is 40.9 Å². The zero-order chi connectivity index (χ0) is 25.7. The van der Waals surface area contributed by atoms with E-state index in [-0.39, 0.29) is 11.3 Å². The third-order valence-electron chi connectivity index (χ3n) is 5.58. The van der Waals surface area contributed by atoms with Gasteiger partial charge in [0.1, 0.15) is 6.04 Å². The molecule has 0 spiro atoms. The van der Waals surface area contributed by atoms with E-state index in [9.17, 15) is 27.2 Å². The number of primary amides is 1. The van der Waals surface area contributed by atoms with Crippen LogP contribution >= 0.6 is 34.5 Å². The zero-order valence-electron chi connectivity index (χ0n) is 17.7. The summed E-state index contributed by atoms with van der Waals surface area (Å²) in [7, 11) is 0. The van der Waals surface area contributed by atoms with Gasteiger partial charge in [0.15, 0.2) is 5.82 Å². The van der Waals surface area contributed by atoms with Crippen LogP contribution in [-0.2, 0) is 15.2 Å². The van der Waals surface area contributed by atoms with Crippen LogP contribution in [0.25, 0.3) is 10.1 Å². The monoisotopic (exact) mass is 547 g/mol. The second kappa shape index (κ2) is 8.96. The Balaban J connectivity index is 1.74. The summed E-state index contributed by atoms with van der Waals surface area (Å²) in [6.07, 6.45) is -5.70. The third kappa shape index (κ3) is 4.32. The van der Waals surface area contributed by atoms with Crippen LogP contribution in [0.5, 0.6) is 0 Å².